The van der Waals surface area contributed by atoms with Crippen LogP contribution in [0.2, 0.25) is 0 Å². The highest BCUT2D eigenvalue weighted by Gasteiger charge is 2.23. The first-order chi connectivity index (χ1) is 6.93. The minimum atomic E-state index is -0.297. The van der Waals surface area contributed by atoms with Gasteiger partial charge < -0.3 is 10.6 Å². The Morgan fingerprint density at radius 3 is 2.27 bits per heavy atom. The predicted octanol–water partition coefficient (Wildman–Crippen LogP) is 1.80. The van der Waals surface area contributed by atoms with Gasteiger partial charge >= 0.3 is 0 Å². The molecule has 4 heteroatoms. The Hall–Kier alpha value is -0.640. The quantitative estimate of drug-likeness (QED) is 0.708. The Labute approximate surface area is 98.0 Å². The maximum absolute atomic E-state index is 11.9. The van der Waals surface area contributed by atoms with Crippen LogP contribution in [0.3, 0.4) is 0 Å². The van der Waals surface area contributed by atoms with Crippen LogP contribution < -0.4 is 5.73 Å². The molecule has 2 atom stereocenters. The number of hydrogen-bond acceptors (Lipinski definition) is 2. The molecule has 0 saturated heterocycles. The van der Waals surface area contributed by atoms with Crippen molar-refractivity contribution in [2.45, 2.75) is 33.6 Å². The minimum Gasteiger partial charge on any atom is -0.393 e. The molecule has 0 aromatic heterocycles. The monoisotopic (exact) mass is 230 g/mol. The molecule has 0 radical (unpaired) electrons. The SMILES string of the molecule is CCC(C)CN(C)C(=O)C(CC)C(N)=S. The highest BCUT2D eigenvalue weighted by Crippen LogP contribution is 2.10. The normalized spacial score (nSPS) is 14.4. The number of thiocarbonyl (C=S) groups is 1. The minimum absolute atomic E-state index is 0.0466. The van der Waals surface area contributed by atoms with Crippen LogP contribution in [0.5, 0.6) is 0 Å². The molecular weight excluding hydrogens is 208 g/mol. The maximum Gasteiger partial charge on any atom is 0.232 e. The number of nitrogens with zero attached hydrogens (tertiary/aromatic N) is 1. The lowest BCUT2D eigenvalue weighted by molar-refractivity contribution is -0.132. The summed E-state index contributed by atoms with van der Waals surface area (Å²) in [6.45, 7) is 6.95. The zero-order chi connectivity index (χ0) is 12.0. The number of carbonyl (C=O) groups excluding carboxylic acids is 1. The Balaban J connectivity index is 4.35. The molecule has 0 aliphatic rings. The zero-order valence-electron chi connectivity index (χ0n) is 10.1. The summed E-state index contributed by atoms with van der Waals surface area (Å²) in [4.78, 5) is 14.0. The summed E-state index contributed by atoms with van der Waals surface area (Å²) in [6.07, 6.45) is 1.75. The molecule has 0 saturated carbocycles. The van der Waals surface area contributed by atoms with Gasteiger partial charge in [-0.3, -0.25) is 4.79 Å². The number of nitrogens with two attached hydrogens (primary N) is 1. The molecule has 1 amide bonds. The van der Waals surface area contributed by atoms with Crippen molar-refractivity contribution in [2.75, 3.05) is 13.6 Å². The summed E-state index contributed by atoms with van der Waals surface area (Å²) < 4.78 is 0. The van der Waals surface area contributed by atoms with E-state index in [-0.39, 0.29) is 11.8 Å². The maximum atomic E-state index is 11.9. The fourth-order valence-electron chi connectivity index (χ4n) is 1.45. The second kappa shape index (κ2) is 6.77. The van der Waals surface area contributed by atoms with E-state index in [4.69, 9.17) is 18.0 Å². The van der Waals surface area contributed by atoms with Crippen LogP contribution in [0.15, 0.2) is 0 Å². The zero-order valence-corrected chi connectivity index (χ0v) is 10.9. The van der Waals surface area contributed by atoms with Gasteiger partial charge in [0.1, 0.15) is 0 Å². The molecule has 0 bridgehead atoms. The van der Waals surface area contributed by atoms with Gasteiger partial charge in [-0.05, 0) is 12.3 Å². The smallest absolute Gasteiger partial charge is 0.232 e. The largest absolute Gasteiger partial charge is 0.393 e. The van der Waals surface area contributed by atoms with Gasteiger partial charge in [-0.15, -0.1) is 0 Å². The van der Waals surface area contributed by atoms with E-state index in [0.29, 0.717) is 17.3 Å². The van der Waals surface area contributed by atoms with E-state index in [1.807, 2.05) is 14.0 Å². The lowest BCUT2D eigenvalue weighted by Gasteiger charge is -2.24. The van der Waals surface area contributed by atoms with Gasteiger partial charge in [-0.2, -0.15) is 0 Å². The van der Waals surface area contributed by atoms with Gasteiger partial charge in [0, 0.05) is 13.6 Å². The first kappa shape index (κ1) is 14.4. The van der Waals surface area contributed by atoms with Crippen LogP contribution >= 0.6 is 12.2 Å². The molecule has 88 valence electrons. The van der Waals surface area contributed by atoms with Gasteiger partial charge in [0.25, 0.3) is 0 Å². The van der Waals surface area contributed by atoms with Crippen LogP contribution in [-0.2, 0) is 4.79 Å². The molecule has 0 aromatic carbocycles. The molecule has 2 N–H and O–H groups in total. The molecule has 0 aliphatic carbocycles. The topological polar surface area (TPSA) is 46.3 Å². The van der Waals surface area contributed by atoms with Crippen molar-refractivity contribution in [2.24, 2.45) is 17.6 Å². The summed E-state index contributed by atoms with van der Waals surface area (Å²) in [5, 5.41) is 0. The first-order valence-electron chi connectivity index (χ1n) is 5.48. The van der Waals surface area contributed by atoms with E-state index in [9.17, 15) is 4.79 Å². The average Bonchev–Trinajstić information content (AvgIpc) is 2.17. The lowest BCUT2D eigenvalue weighted by atomic mass is 10.0. The second-order valence-electron chi connectivity index (χ2n) is 4.10. The number of carbonyl (C=O) groups is 1. The Kier molecular flexibility index (Phi) is 6.48. The van der Waals surface area contributed by atoms with E-state index in [2.05, 4.69) is 13.8 Å². The van der Waals surface area contributed by atoms with E-state index in [1.165, 1.54) is 0 Å². The Morgan fingerprint density at radius 2 is 1.93 bits per heavy atom. The molecule has 0 aliphatic heterocycles. The van der Waals surface area contributed by atoms with Crippen molar-refractivity contribution in [3.8, 4) is 0 Å². The number of amides is 1. The summed E-state index contributed by atoms with van der Waals surface area (Å²) in [6, 6.07) is 0. The molecular formula is C11H22N2OS. The summed E-state index contributed by atoms with van der Waals surface area (Å²) in [7, 11) is 1.81. The lowest BCUT2D eigenvalue weighted by Crippen LogP contribution is -2.40. The summed E-state index contributed by atoms with van der Waals surface area (Å²) in [5.74, 6) is 0.266. The Bertz CT molecular complexity index is 231. The van der Waals surface area contributed by atoms with Gasteiger partial charge in [0.05, 0.1) is 10.9 Å². The van der Waals surface area contributed by atoms with Crippen molar-refractivity contribution in [1.29, 1.82) is 0 Å². The molecule has 2 unspecified atom stereocenters. The fourth-order valence-corrected chi connectivity index (χ4v) is 1.72. The summed E-state index contributed by atoms with van der Waals surface area (Å²) >= 11 is 4.88. The van der Waals surface area contributed by atoms with Gasteiger partial charge in [-0.1, -0.05) is 39.4 Å². The third kappa shape index (κ3) is 4.60. The van der Waals surface area contributed by atoms with E-state index >= 15 is 0 Å². The third-order valence-corrected chi connectivity index (χ3v) is 2.99. The van der Waals surface area contributed by atoms with E-state index in [0.717, 1.165) is 13.0 Å². The van der Waals surface area contributed by atoms with E-state index in [1.54, 1.807) is 4.90 Å². The van der Waals surface area contributed by atoms with Crippen molar-refractivity contribution < 1.29 is 4.79 Å². The Morgan fingerprint density at radius 1 is 1.40 bits per heavy atom. The predicted molar refractivity (Wildman–Crippen MR) is 67.7 cm³/mol. The first-order valence-corrected chi connectivity index (χ1v) is 5.89. The average molecular weight is 230 g/mol. The van der Waals surface area contributed by atoms with E-state index < -0.39 is 0 Å². The van der Waals surface area contributed by atoms with Crippen LogP contribution in [0, 0.1) is 11.8 Å². The highest BCUT2D eigenvalue weighted by molar-refractivity contribution is 7.80. The van der Waals surface area contributed by atoms with Crippen LogP contribution in [0.4, 0.5) is 0 Å². The molecule has 3 nitrogen and oxygen atoms in total. The standard InChI is InChI=1S/C11H22N2OS/c1-5-8(3)7-13(4)11(14)9(6-2)10(12)15/h8-9H,5-7H2,1-4H3,(H2,12,15). The molecule has 15 heavy (non-hydrogen) atoms. The van der Waals surface area contributed by atoms with Crippen molar-refractivity contribution in [3.05, 3.63) is 0 Å². The van der Waals surface area contributed by atoms with Gasteiger partial charge in [0.15, 0.2) is 0 Å². The summed E-state index contributed by atoms with van der Waals surface area (Å²) in [5.41, 5.74) is 5.53. The van der Waals surface area contributed by atoms with Gasteiger partial charge in [-0.25, -0.2) is 0 Å². The fraction of sp³-hybridized carbons (Fsp3) is 0.818. The van der Waals surface area contributed by atoms with Crippen molar-refractivity contribution in [3.63, 3.8) is 0 Å². The number of hydrogen-bond donors (Lipinski definition) is 1. The van der Waals surface area contributed by atoms with Crippen molar-refractivity contribution in [1.82, 2.24) is 4.90 Å². The third-order valence-electron chi connectivity index (χ3n) is 2.71. The van der Waals surface area contributed by atoms with Crippen LogP contribution in [0.25, 0.3) is 0 Å². The molecule has 0 heterocycles. The molecule has 0 aromatic rings. The van der Waals surface area contributed by atoms with Gasteiger partial charge in [0.2, 0.25) is 5.91 Å². The van der Waals surface area contributed by atoms with Crippen molar-refractivity contribution >= 4 is 23.1 Å². The van der Waals surface area contributed by atoms with Crippen LogP contribution in [-0.4, -0.2) is 29.4 Å². The second-order valence-corrected chi connectivity index (χ2v) is 4.57. The highest BCUT2D eigenvalue weighted by atomic mass is 32.1. The molecule has 0 spiro atoms. The molecule has 0 fully saturated rings. The number of rotatable bonds is 6. The molecule has 0 rings (SSSR count). The van der Waals surface area contributed by atoms with Crippen LogP contribution in [0.1, 0.15) is 33.6 Å².